The first-order valence-electron chi connectivity index (χ1n) is 7.98. The van der Waals surface area contributed by atoms with E-state index in [2.05, 4.69) is 43.2 Å². The van der Waals surface area contributed by atoms with Gasteiger partial charge in [0.1, 0.15) is 0 Å². The average Bonchev–Trinajstić information content (AvgIpc) is 2.98. The van der Waals surface area contributed by atoms with Crippen LogP contribution in [-0.4, -0.2) is 38.4 Å². The van der Waals surface area contributed by atoms with E-state index in [1.54, 1.807) is 0 Å². The summed E-state index contributed by atoms with van der Waals surface area (Å²) < 4.78 is 10.9. The topological polar surface area (TPSA) is 33.7 Å². The van der Waals surface area contributed by atoms with Gasteiger partial charge in [-0.15, -0.1) is 0 Å². The molecule has 116 valence electrons. The Kier molecular flexibility index (Phi) is 4.36. The molecular formula is C17H26N2O2. The lowest BCUT2D eigenvalue weighted by atomic mass is 10.1. The molecule has 0 aromatic heterocycles. The second-order valence-electron chi connectivity index (χ2n) is 6.42. The Hall–Kier alpha value is -1.26. The first-order chi connectivity index (χ1) is 10.2. The first-order valence-corrected chi connectivity index (χ1v) is 7.98. The smallest absolute Gasteiger partial charge is 0.231 e. The van der Waals surface area contributed by atoms with Crippen LogP contribution in [0.15, 0.2) is 18.2 Å². The second kappa shape index (κ2) is 6.24. The molecule has 3 unspecified atom stereocenters. The Bertz CT molecular complexity index is 492. The summed E-state index contributed by atoms with van der Waals surface area (Å²) in [6, 6.07) is 6.62. The summed E-state index contributed by atoms with van der Waals surface area (Å²) in [5, 5.41) is 3.59. The van der Waals surface area contributed by atoms with E-state index in [0.717, 1.165) is 36.4 Å². The van der Waals surface area contributed by atoms with Gasteiger partial charge in [0.25, 0.3) is 0 Å². The monoisotopic (exact) mass is 290 g/mol. The molecule has 3 atom stereocenters. The fourth-order valence-corrected chi connectivity index (χ4v) is 3.10. The molecule has 0 saturated heterocycles. The number of benzene rings is 1. The molecule has 1 aliphatic carbocycles. The minimum Gasteiger partial charge on any atom is -0.454 e. The van der Waals surface area contributed by atoms with Crippen molar-refractivity contribution in [3.8, 4) is 11.5 Å². The van der Waals surface area contributed by atoms with Crippen LogP contribution in [0.1, 0.15) is 31.9 Å². The molecule has 1 heterocycles. The molecule has 1 fully saturated rings. The molecule has 0 bridgehead atoms. The maximum absolute atomic E-state index is 5.50. The third kappa shape index (κ3) is 3.50. The van der Waals surface area contributed by atoms with Crippen molar-refractivity contribution in [1.82, 2.24) is 10.2 Å². The van der Waals surface area contributed by atoms with Gasteiger partial charge in [0, 0.05) is 19.1 Å². The highest BCUT2D eigenvalue weighted by atomic mass is 16.7. The maximum atomic E-state index is 5.50. The number of nitrogens with zero attached hydrogens (tertiary/aromatic N) is 1. The van der Waals surface area contributed by atoms with Crippen LogP contribution in [0.2, 0.25) is 0 Å². The van der Waals surface area contributed by atoms with Gasteiger partial charge in [-0.2, -0.15) is 0 Å². The van der Waals surface area contributed by atoms with Crippen LogP contribution in [-0.2, 0) is 0 Å². The van der Waals surface area contributed by atoms with Crippen LogP contribution in [0.5, 0.6) is 11.5 Å². The molecule has 0 spiro atoms. The van der Waals surface area contributed by atoms with Gasteiger partial charge in [0.2, 0.25) is 6.79 Å². The van der Waals surface area contributed by atoms with Crippen LogP contribution in [0.3, 0.4) is 0 Å². The Morgan fingerprint density at radius 1 is 1.33 bits per heavy atom. The van der Waals surface area contributed by atoms with Crippen LogP contribution in [0, 0.1) is 11.8 Å². The van der Waals surface area contributed by atoms with Crippen LogP contribution < -0.4 is 14.8 Å². The molecule has 21 heavy (non-hydrogen) atoms. The molecule has 4 nitrogen and oxygen atoms in total. The third-order valence-corrected chi connectivity index (χ3v) is 4.57. The van der Waals surface area contributed by atoms with Crippen molar-refractivity contribution in [2.24, 2.45) is 11.8 Å². The highest BCUT2D eigenvalue weighted by Crippen LogP contribution is 2.38. The summed E-state index contributed by atoms with van der Waals surface area (Å²) in [5.74, 6) is 3.53. The molecule has 0 radical (unpaired) electrons. The van der Waals surface area contributed by atoms with Crippen molar-refractivity contribution >= 4 is 0 Å². The quantitative estimate of drug-likeness (QED) is 0.837. The summed E-state index contributed by atoms with van der Waals surface area (Å²) in [6.07, 6.45) is 1.39. The summed E-state index contributed by atoms with van der Waals surface area (Å²) in [6.45, 7) is 8.03. The largest absolute Gasteiger partial charge is 0.454 e. The van der Waals surface area contributed by atoms with E-state index in [-0.39, 0.29) is 0 Å². The van der Waals surface area contributed by atoms with Crippen LogP contribution in [0.25, 0.3) is 0 Å². The Morgan fingerprint density at radius 3 is 2.81 bits per heavy atom. The van der Waals surface area contributed by atoms with Crippen LogP contribution >= 0.6 is 0 Å². The third-order valence-electron chi connectivity index (χ3n) is 4.57. The lowest BCUT2D eigenvalue weighted by Gasteiger charge is -2.25. The Labute approximate surface area is 127 Å². The molecule has 1 N–H and O–H groups in total. The van der Waals surface area contributed by atoms with E-state index in [1.807, 2.05) is 6.07 Å². The van der Waals surface area contributed by atoms with Crippen molar-refractivity contribution in [2.45, 2.75) is 26.3 Å². The van der Waals surface area contributed by atoms with Gasteiger partial charge in [0.15, 0.2) is 11.5 Å². The van der Waals surface area contributed by atoms with E-state index in [0.29, 0.717) is 12.8 Å². The zero-order valence-electron chi connectivity index (χ0n) is 13.3. The van der Waals surface area contributed by atoms with Gasteiger partial charge in [-0.25, -0.2) is 0 Å². The second-order valence-corrected chi connectivity index (χ2v) is 6.42. The predicted octanol–water partition coefficient (Wildman–Crippen LogP) is 2.65. The molecule has 0 amide bonds. The SMILES string of the molecule is CCNC(CN(C)CC1CC1C)c1ccc2c(c1)OCO2. The number of fused-ring (bicyclic) bond motifs is 1. The summed E-state index contributed by atoms with van der Waals surface area (Å²) in [4.78, 5) is 2.45. The van der Waals surface area contributed by atoms with Gasteiger partial charge in [-0.1, -0.05) is 19.9 Å². The molecule has 1 aliphatic heterocycles. The number of hydrogen-bond donors (Lipinski definition) is 1. The highest BCUT2D eigenvalue weighted by molar-refractivity contribution is 5.45. The van der Waals surface area contributed by atoms with E-state index in [9.17, 15) is 0 Å². The zero-order valence-corrected chi connectivity index (χ0v) is 13.3. The van der Waals surface area contributed by atoms with Crippen LogP contribution in [0.4, 0.5) is 0 Å². The molecule has 1 aromatic rings. The molecule has 4 heteroatoms. The lowest BCUT2D eigenvalue weighted by molar-refractivity contribution is 0.174. The van der Waals surface area contributed by atoms with Crippen molar-refractivity contribution < 1.29 is 9.47 Å². The Morgan fingerprint density at radius 2 is 2.10 bits per heavy atom. The average molecular weight is 290 g/mol. The fourth-order valence-electron chi connectivity index (χ4n) is 3.10. The summed E-state index contributed by atoms with van der Waals surface area (Å²) >= 11 is 0. The van der Waals surface area contributed by atoms with E-state index < -0.39 is 0 Å². The molecule has 1 saturated carbocycles. The molecule has 3 rings (SSSR count). The van der Waals surface area contributed by atoms with Crippen molar-refractivity contribution in [3.63, 3.8) is 0 Å². The lowest BCUT2D eigenvalue weighted by Crippen LogP contribution is -2.34. The standard InChI is InChI=1S/C17H26N2O2/c1-4-18-15(10-19(3)9-14-7-12(14)2)13-5-6-16-17(8-13)21-11-20-16/h5-6,8,12,14-15,18H,4,7,9-11H2,1-3H3. The maximum Gasteiger partial charge on any atom is 0.231 e. The predicted molar refractivity (Wildman–Crippen MR) is 83.8 cm³/mol. The molecule has 2 aliphatic rings. The van der Waals surface area contributed by atoms with Crippen molar-refractivity contribution in [3.05, 3.63) is 23.8 Å². The highest BCUT2D eigenvalue weighted by Gasteiger charge is 2.33. The molecule has 1 aromatic carbocycles. The van der Waals surface area contributed by atoms with Gasteiger partial charge < -0.3 is 19.7 Å². The minimum atomic E-state index is 0.337. The Balaban J connectivity index is 1.65. The van der Waals surface area contributed by atoms with E-state index >= 15 is 0 Å². The van der Waals surface area contributed by atoms with E-state index in [1.165, 1.54) is 18.5 Å². The summed E-state index contributed by atoms with van der Waals surface area (Å²) in [5.41, 5.74) is 1.27. The number of likely N-dealkylation sites (N-methyl/N-ethyl adjacent to an activating group) is 2. The van der Waals surface area contributed by atoms with Gasteiger partial charge in [0.05, 0.1) is 0 Å². The number of nitrogens with one attached hydrogen (secondary N) is 1. The minimum absolute atomic E-state index is 0.337. The zero-order chi connectivity index (χ0) is 14.8. The van der Waals surface area contributed by atoms with Gasteiger partial charge >= 0.3 is 0 Å². The van der Waals surface area contributed by atoms with Gasteiger partial charge in [-0.05, 0) is 49.5 Å². The fraction of sp³-hybridized carbons (Fsp3) is 0.647. The normalized spacial score (nSPS) is 24.4. The van der Waals surface area contributed by atoms with Crippen molar-refractivity contribution in [2.75, 3.05) is 33.5 Å². The first kappa shape index (κ1) is 14.7. The van der Waals surface area contributed by atoms with Crippen molar-refractivity contribution in [1.29, 1.82) is 0 Å². The van der Waals surface area contributed by atoms with E-state index in [4.69, 9.17) is 9.47 Å². The number of ether oxygens (including phenoxy) is 2. The van der Waals surface area contributed by atoms with Gasteiger partial charge in [-0.3, -0.25) is 0 Å². The molecular weight excluding hydrogens is 264 g/mol. The number of hydrogen-bond acceptors (Lipinski definition) is 4. The number of rotatable bonds is 7. The summed E-state index contributed by atoms with van der Waals surface area (Å²) in [7, 11) is 2.22.